The molecule has 7 heteroatoms. The van der Waals surface area contributed by atoms with Gasteiger partial charge in [-0.1, -0.05) is 54.1 Å². The molecule has 0 saturated heterocycles. The van der Waals surface area contributed by atoms with Crippen molar-refractivity contribution in [3.05, 3.63) is 88.2 Å². The number of nitrogens with zero attached hydrogens (tertiary/aromatic N) is 2. The average molecular weight is 424 g/mol. The van der Waals surface area contributed by atoms with Crippen LogP contribution in [0.3, 0.4) is 0 Å². The van der Waals surface area contributed by atoms with E-state index in [1.54, 1.807) is 48.9 Å². The minimum atomic E-state index is -0.396. The van der Waals surface area contributed by atoms with E-state index in [-0.39, 0.29) is 5.91 Å². The number of nitrogens with one attached hydrogen (secondary N) is 1. The van der Waals surface area contributed by atoms with Crippen molar-refractivity contribution in [1.29, 1.82) is 0 Å². The molecule has 0 aliphatic carbocycles. The molecule has 3 aromatic rings. The third-order valence-electron chi connectivity index (χ3n) is 4.33. The molecule has 2 aromatic carbocycles. The summed E-state index contributed by atoms with van der Waals surface area (Å²) in [4.78, 5) is 24.1. The smallest absolute Gasteiger partial charge is 0.330 e. The minimum absolute atomic E-state index is 0.294. The molecule has 1 amide bonds. The van der Waals surface area contributed by atoms with Crippen LogP contribution in [-0.4, -0.2) is 28.3 Å². The number of rotatable bonds is 7. The predicted octanol–water partition coefficient (Wildman–Crippen LogP) is 4.72. The van der Waals surface area contributed by atoms with Crippen LogP contribution in [0.2, 0.25) is 5.15 Å². The van der Waals surface area contributed by atoms with E-state index in [4.69, 9.17) is 16.3 Å². The van der Waals surface area contributed by atoms with E-state index in [2.05, 4.69) is 10.4 Å². The molecule has 0 spiro atoms. The molecule has 0 radical (unpaired) electrons. The van der Waals surface area contributed by atoms with Crippen LogP contribution in [0.4, 0.5) is 5.69 Å². The van der Waals surface area contributed by atoms with Gasteiger partial charge in [0.1, 0.15) is 5.15 Å². The van der Waals surface area contributed by atoms with E-state index in [1.165, 1.54) is 6.08 Å². The Morgan fingerprint density at radius 2 is 1.83 bits per heavy atom. The Morgan fingerprint density at radius 3 is 2.50 bits per heavy atom. The summed E-state index contributed by atoms with van der Waals surface area (Å²) < 4.78 is 6.46. The number of ether oxygens (including phenoxy) is 1. The Hall–Kier alpha value is -3.38. The Balaban J connectivity index is 1.69. The summed E-state index contributed by atoms with van der Waals surface area (Å²) in [6, 6.07) is 16.9. The summed E-state index contributed by atoms with van der Waals surface area (Å²) in [6.07, 6.45) is 3.01. The minimum Gasteiger partial charge on any atom is -0.463 e. The number of hydrogen-bond donors (Lipinski definition) is 1. The molecule has 6 nitrogen and oxygen atoms in total. The molecule has 1 aromatic heterocycles. The summed E-state index contributed by atoms with van der Waals surface area (Å²) in [5, 5.41) is 7.54. The number of aromatic nitrogens is 2. The number of esters is 1. The van der Waals surface area contributed by atoms with Gasteiger partial charge in [0.05, 0.1) is 24.4 Å². The zero-order chi connectivity index (χ0) is 21.5. The van der Waals surface area contributed by atoms with Crippen molar-refractivity contribution in [2.75, 3.05) is 11.9 Å². The maximum absolute atomic E-state index is 12.8. The van der Waals surface area contributed by atoms with Crippen molar-refractivity contribution in [3.8, 4) is 0 Å². The topological polar surface area (TPSA) is 73.2 Å². The third kappa shape index (κ3) is 5.36. The first-order valence-corrected chi connectivity index (χ1v) is 9.88. The van der Waals surface area contributed by atoms with Crippen LogP contribution in [0.5, 0.6) is 0 Å². The second kappa shape index (κ2) is 9.89. The van der Waals surface area contributed by atoms with E-state index in [9.17, 15) is 9.59 Å². The van der Waals surface area contributed by atoms with Crippen LogP contribution in [0, 0.1) is 6.92 Å². The number of hydrogen-bond acceptors (Lipinski definition) is 4. The van der Waals surface area contributed by atoms with Gasteiger partial charge >= 0.3 is 5.97 Å². The summed E-state index contributed by atoms with van der Waals surface area (Å²) in [5.41, 5.74) is 3.37. The van der Waals surface area contributed by atoms with Gasteiger partial charge in [0.15, 0.2) is 0 Å². The average Bonchev–Trinajstić information content (AvgIpc) is 3.01. The standard InChI is InChI=1S/C23H22ClN3O3/c1-3-30-20(28)14-11-17-9-12-19(13-10-17)25-23(29)21-16(2)26-27(22(21)24)15-18-7-5-4-6-8-18/h4-14H,3,15H2,1-2H3,(H,25,29)/b14-11+. The summed E-state index contributed by atoms with van der Waals surface area (Å²) in [5.74, 6) is -0.723. The molecule has 0 fully saturated rings. The molecule has 3 rings (SSSR count). The Labute approximate surface area is 180 Å². The van der Waals surface area contributed by atoms with Crippen molar-refractivity contribution in [3.63, 3.8) is 0 Å². The highest BCUT2D eigenvalue weighted by atomic mass is 35.5. The second-order valence-electron chi connectivity index (χ2n) is 6.56. The zero-order valence-corrected chi connectivity index (χ0v) is 17.5. The van der Waals surface area contributed by atoms with Gasteiger partial charge in [0.2, 0.25) is 0 Å². The molecule has 30 heavy (non-hydrogen) atoms. The normalized spacial score (nSPS) is 10.9. The third-order valence-corrected chi connectivity index (χ3v) is 4.72. The van der Waals surface area contributed by atoms with E-state index in [0.29, 0.717) is 35.2 Å². The highest BCUT2D eigenvalue weighted by Gasteiger charge is 2.20. The Kier molecular flexibility index (Phi) is 7.03. The van der Waals surface area contributed by atoms with Crippen molar-refractivity contribution in [2.45, 2.75) is 20.4 Å². The molecule has 0 bridgehead atoms. The molecule has 0 saturated carbocycles. The van der Waals surface area contributed by atoms with Crippen LogP contribution in [0.15, 0.2) is 60.7 Å². The number of benzene rings is 2. The number of amides is 1. The lowest BCUT2D eigenvalue weighted by Gasteiger charge is -2.06. The van der Waals surface area contributed by atoms with Gasteiger partial charge in [-0.05, 0) is 43.2 Å². The van der Waals surface area contributed by atoms with Crippen LogP contribution >= 0.6 is 11.6 Å². The van der Waals surface area contributed by atoms with Gasteiger partial charge in [-0.25, -0.2) is 9.48 Å². The maximum atomic E-state index is 12.8. The van der Waals surface area contributed by atoms with E-state index in [1.807, 2.05) is 30.3 Å². The lowest BCUT2D eigenvalue weighted by atomic mass is 10.2. The van der Waals surface area contributed by atoms with Crippen LogP contribution < -0.4 is 5.32 Å². The molecule has 0 atom stereocenters. The first-order valence-electron chi connectivity index (χ1n) is 9.51. The van der Waals surface area contributed by atoms with Crippen LogP contribution in [0.1, 0.15) is 34.1 Å². The zero-order valence-electron chi connectivity index (χ0n) is 16.8. The van der Waals surface area contributed by atoms with Crippen molar-refractivity contribution < 1.29 is 14.3 Å². The first-order chi connectivity index (χ1) is 14.5. The molecule has 0 unspecified atom stereocenters. The molecule has 1 N–H and O–H groups in total. The van der Waals surface area contributed by atoms with Gasteiger partial charge in [0.25, 0.3) is 5.91 Å². The fourth-order valence-corrected chi connectivity index (χ4v) is 3.22. The lowest BCUT2D eigenvalue weighted by molar-refractivity contribution is -0.137. The van der Waals surface area contributed by atoms with Crippen molar-refractivity contribution >= 4 is 35.2 Å². The van der Waals surface area contributed by atoms with Gasteiger partial charge < -0.3 is 10.1 Å². The van der Waals surface area contributed by atoms with Gasteiger partial charge in [0, 0.05) is 11.8 Å². The molecular formula is C23H22ClN3O3. The number of anilines is 1. The highest BCUT2D eigenvalue weighted by Crippen LogP contribution is 2.22. The largest absolute Gasteiger partial charge is 0.463 e. The fourth-order valence-electron chi connectivity index (χ4n) is 2.90. The molecule has 0 aliphatic rings. The molecule has 1 heterocycles. The van der Waals surface area contributed by atoms with Gasteiger partial charge in [-0.15, -0.1) is 0 Å². The second-order valence-corrected chi connectivity index (χ2v) is 6.91. The summed E-state index contributed by atoms with van der Waals surface area (Å²) in [6.45, 7) is 4.32. The summed E-state index contributed by atoms with van der Waals surface area (Å²) in [7, 11) is 0. The van der Waals surface area contributed by atoms with Gasteiger partial charge in [-0.2, -0.15) is 5.10 Å². The number of carbonyl (C=O) groups is 2. The van der Waals surface area contributed by atoms with Crippen LogP contribution in [-0.2, 0) is 16.1 Å². The highest BCUT2D eigenvalue weighted by molar-refractivity contribution is 6.33. The van der Waals surface area contributed by atoms with Crippen molar-refractivity contribution in [1.82, 2.24) is 9.78 Å². The van der Waals surface area contributed by atoms with E-state index in [0.717, 1.165) is 11.1 Å². The fraction of sp³-hybridized carbons (Fsp3) is 0.174. The first kappa shape index (κ1) is 21.3. The Bertz CT molecular complexity index is 1060. The molecule has 0 aliphatic heterocycles. The van der Waals surface area contributed by atoms with Crippen LogP contribution in [0.25, 0.3) is 6.08 Å². The Morgan fingerprint density at radius 1 is 1.13 bits per heavy atom. The predicted molar refractivity (Wildman–Crippen MR) is 118 cm³/mol. The number of carbonyl (C=O) groups excluding carboxylic acids is 2. The van der Waals surface area contributed by atoms with E-state index >= 15 is 0 Å². The van der Waals surface area contributed by atoms with Gasteiger partial charge in [-0.3, -0.25) is 4.79 Å². The number of aryl methyl sites for hydroxylation is 1. The SMILES string of the molecule is CCOC(=O)/C=C/c1ccc(NC(=O)c2c(C)nn(Cc3ccccc3)c2Cl)cc1. The monoisotopic (exact) mass is 423 g/mol. The maximum Gasteiger partial charge on any atom is 0.330 e. The van der Waals surface area contributed by atoms with Crippen molar-refractivity contribution in [2.24, 2.45) is 0 Å². The van der Waals surface area contributed by atoms with E-state index < -0.39 is 5.97 Å². The molecular weight excluding hydrogens is 402 g/mol. The summed E-state index contributed by atoms with van der Waals surface area (Å²) >= 11 is 6.45. The lowest BCUT2D eigenvalue weighted by Crippen LogP contribution is -2.13. The quantitative estimate of drug-likeness (QED) is 0.440. The molecule has 154 valence electrons. The number of halogens is 1.